The van der Waals surface area contributed by atoms with Crippen LogP contribution in [0.1, 0.15) is 34.3 Å². The van der Waals surface area contributed by atoms with Gasteiger partial charge in [-0.15, -0.1) is 0 Å². The van der Waals surface area contributed by atoms with E-state index in [-0.39, 0.29) is 25.1 Å². The number of ether oxygens (including phenoxy) is 8. The summed E-state index contributed by atoms with van der Waals surface area (Å²) in [5.41, 5.74) is 3.06. The summed E-state index contributed by atoms with van der Waals surface area (Å²) in [6.07, 6.45) is 0. The van der Waals surface area contributed by atoms with Gasteiger partial charge < -0.3 is 48.1 Å². The van der Waals surface area contributed by atoms with Crippen molar-refractivity contribution in [1.82, 2.24) is 9.80 Å². The van der Waals surface area contributed by atoms with Crippen molar-refractivity contribution in [2.75, 3.05) is 68.2 Å². The molecule has 3 aliphatic heterocycles. The van der Waals surface area contributed by atoms with Gasteiger partial charge in [-0.3, -0.25) is 9.80 Å². The lowest BCUT2D eigenvalue weighted by Crippen LogP contribution is -2.49. The molecule has 1 fully saturated rings. The first-order valence-corrected chi connectivity index (χ1v) is 15.6. The number of phenols is 2. The van der Waals surface area contributed by atoms with Gasteiger partial charge in [-0.2, -0.15) is 0 Å². The third-order valence-corrected chi connectivity index (χ3v) is 9.18. The molecule has 0 aliphatic carbocycles. The zero-order chi connectivity index (χ0) is 33.4. The lowest BCUT2D eigenvalue weighted by molar-refractivity contribution is 0.0867. The van der Waals surface area contributed by atoms with E-state index >= 15 is 0 Å². The summed E-state index contributed by atoms with van der Waals surface area (Å²) in [6.45, 7) is 2.61. The molecule has 12 heteroatoms. The van der Waals surface area contributed by atoms with E-state index in [1.165, 1.54) is 0 Å². The number of hydrogen-bond donors (Lipinski definition) is 2. The number of rotatable bonds is 10. The van der Waals surface area contributed by atoms with Crippen LogP contribution in [0.4, 0.5) is 0 Å². The number of fused-ring (bicyclic) bond motifs is 2. The fourth-order valence-electron chi connectivity index (χ4n) is 6.80. The highest BCUT2D eigenvalue weighted by Crippen LogP contribution is 2.48. The zero-order valence-corrected chi connectivity index (χ0v) is 27.2. The first-order valence-electron chi connectivity index (χ1n) is 15.6. The van der Waals surface area contributed by atoms with Gasteiger partial charge in [0.05, 0.1) is 40.5 Å². The summed E-state index contributed by atoms with van der Waals surface area (Å²) in [5, 5.41) is 22.7. The van der Waals surface area contributed by atoms with Gasteiger partial charge in [0.25, 0.3) is 0 Å². The molecule has 7 rings (SSSR count). The number of methoxy groups -OCH3 is 4. The van der Waals surface area contributed by atoms with E-state index in [0.717, 1.165) is 11.1 Å². The Labute approximate surface area is 278 Å². The smallest absolute Gasteiger partial charge is 0.231 e. The van der Waals surface area contributed by atoms with E-state index in [2.05, 4.69) is 9.80 Å². The van der Waals surface area contributed by atoms with Crippen LogP contribution in [0.3, 0.4) is 0 Å². The highest BCUT2D eigenvalue weighted by molar-refractivity contribution is 5.58. The second-order valence-corrected chi connectivity index (χ2v) is 11.6. The van der Waals surface area contributed by atoms with Crippen LogP contribution in [0.15, 0.2) is 60.7 Å². The first-order chi connectivity index (χ1) is 23.4. The topological polar surface area (TPSA) is 121 Å². The van der Waals surface area contributed by atoms with Crippen molar-refractivity contribution in [1.29, 1.82) is 0 Å². The molecule has 4 aromatic carbocycles. The SMILES string of the molecule is COc1ccc([C@@H](c2cc3c(cc2O)OCO3)N2CCN([C@H](c3cc4c(cc3O)OCO4)c3ccc(OC)cc3OC)CC2)c(OC)c1. The number of benzene rings is 4. The van der Waals surface area contributed by atoms with Gasteiger partial charge in [-0.05, 0) is 36.4 Å². The van der Waals surface area contributed by atoms with Gasteiger partial charge in [0.15, 0.2) is 23.0 Å². The van der Waals surface area contributed by atoms with Crippen LogP contribution in [0.2, 0.25) is 0 Å². The van der Waals surface area contributed by atoms with Crippen molar-refractivity contribution >= 4 is 0 Å². The highest BCUT2D eigenvalue weighted by Gasteiger charge is 2.36. The van der Waals surface area contributed by atoms with Crippen molar-refractivity contribution in [3.63, 3.8) is 0 Å². The Bertz CT molecular complexity index is 1680. The summed E-state index contributed by atoms with van der Waals surface area (Å²) in [6, 6.07) is 17.5. The maximum absolute atomic E-state index is 11.3. The number of nitrogens with zero attached hydrogens (tertiary/aromatic N) is 2. The van der Waals surface area contributed by atoms with E-state index in [0.29, 0.717) is 83.3 Å². The summed E-state index contributed by atoms with van der Waals surface area (Å²) in [5.74, 6) is 4.92. The van der Waals surface area contributed by atoms with Crippen LogP contribution >= 0.6 is 0 Å². The first kappa shape index (κ1) is 31.4. The molecule has 2 N–H and O–H groups in total. The summed E-state index contributed by atoms with van der Waals surface area (Å²) >= 11 is 0. The van der Waals surface area contributed by atoms with Crippen molar-refractivity contribution in [3.8, 4) is 57.5 Å². The van der Waals surface area contributed by atoms with Crippen molar-refractivity contribution in [3.05, 3.63) is 82.9 Å². The lowest BCUT2D eigenvalue weighted by Gasteiger charge is -2.43. The Morgan fingerprint density at radius 3 is 1.23 bits per heavy atom. The third kappa shape index (κ3) is 5.67. The Morgan fingerprint density at radius 1 is 0.500 bits per heavy atom. The van der Waals surface area contributed by atoms with E-state index < -0.39 is 12.1 Å². The fraction of sp³-hybridized carbons (Fsp3) is 0.333. The predicted octanol–water partition coefficient (Wildman–Crippen LogP) is 5.09. The summed E-state index contributed by atoms with van der Waals surface area (Å²) in [7, 11) is 6.47. The highest BCUT2D eigenvalue weighted by atomic mass is 16.7. The molecule has 252 valence electrons. The van der Waals surface area contributed by atoms with Crippen LogP contribution < -0.4 is 37.9 Å². The third-order valence-electron chi connectivity index (χ3n) is 9.18. The van der Waals surface area contributed by atoms with E-state index in [1.807, 2.05) is 48.5 Å². The maximum Gasteiger partial charge on any atom is 0.231 e. The Morgan fingerprint density at radius 2 is 0.875 bits per heavy atom. The second kappa shape index (κ2) is 13.1. The minimum Gasteiger partial charge on any atom is -0.507 e. The molecule has 0 spiro atoms. The Balaban J connectivity index is 1.27. The quantitative estimate of drug-likeness (QED) is 0.236. The van der Waals surface area contributed by atoms with Crippen LogP contribution in [-0.4, -0.2) is 88.2 Å². The molecule has 3 heterocycles. The van der Waals surface area contributed by atoms with Crippen molar-refractivity contribution in [2.45, 2.75) is 12.1 Å². The predicted molar refractivity (Wildman–Crippen MR) is 174 cm³/mol. The molecule has 0 amide bonds. The molecule has 2 atom stereocenters. The fourth-order valence-corrected chi connectivity index (χ4v) is 6.80. The molecule has 0 aromatic heterocycles. The summed E-state index contributed by atoms with van der Waals surface area (Å²) in [4.78, 5) is 4.61. The molecule has 0 bridgehead atoms. The van der Waals surface area contributed by atoms with E-state index in [4.69, 9.17) is 37.9 Å². The van der Waals surface area contributed by atoms with Gasteiger partial charge in [-0.25, -0.2) is 0 Å². The van der Waals surface area contributed by atoms with E-state index in [1.54, 1.807) is 40.6 Å². The Kier molecular flexibility index (Phi) is 8.59. The van der Waals surface area contributed by atoms with Crippen LogP contribution in [0.25, 0.3) is 0 Å². The molecule has 3 aliphatic rings. The number of hydrogen-bond acceptors (Lipinski definition) is 12. The lowest BCUT2D eigenvalue weighted by atomic mass is 9.92. The van der Waals surface area contributed by atoms with Crippen LogP contribution in [0.5, 0.6) is 57.5 Å². The Hall–Kier alpha value is -5.20. The van der Waals surface area contributed by atoms with Crippen molar-refractivity contribution < 1.29 is 48.1 Å². The second-order valence-electron chi connectivity index (χ2n) is 11.6. The minimum absolute atomic E-state index is 0.0932. The van der Waals surface area contributed by atoms with Gasteiger partial charge in [-0.1, -0.05) is 0 Å². The molecule has 48 heavy (non-hydrogen) atoms. The molecule has 0 radical (unpaired) electrons. The van der Waals surface area contributed by atoms with Crippen LogP contribution in [0, 0.1) is 0 Å². The van der Waals surface area contributed by atoms with E-state index in [9.17, 15) is 10.2 Å². The average Bonchev–Trinajstić information content (AvgIpc) is 3.78. The largest absolute Gasteiger partial charge is 0.507 e. The molecule has 0 saturated carbocycles. The average molecular weight is 659 g/mol. The van der Waals surface area contributed by atoms with Gasteiger partial charge in [0.1, 0.15) is 34.5 Å². The molecular formula is C36H38N2O10. The minimum atomic E-state index is -0.393. The normalized spacial score (nSPS) is 16.8. The molecule has 0 unspecified atom stereocenters. The van der Waals surface area contributed by atoms with Crippen LogP contribution in [-0.2, 0) is 0 Å². The number of aromatic hydroxyl groups is 2. The number of piperazine rings is 1. The maximum atomic E-state index is 11.3. The standard InChI is InChI=1S/C36H38N2O10/c1-41-21-5-7-23(29(13-21)43-3)35(25-15-31-33(17-27(25)39)47-19-45-31)37-9-11-38(12-10-37)36(24-8-6-22(42-2)14-30(24)44-4)26-16-32-34(18-28(26)40)48-20-46-32/h5-8,13-18,35-36,39-40H,9-12,19-20H2,1-4H3/t35-,36-/m0/s1. The zero-order valence-electron chi connectivity index (χ0n) is 27.2. The molecule has 12 nitrogen and oxygen atoms in total. The molecule has 4 aromatic rings. The number of phenolic OH excluding ortho intramolecular Hbond substituents is 2. The van der Waals surface area contributed by atoms with Gasteiger partial charge in [0, 0.05) is 72.7 Å². The summed E-state index contributed by atoms with van der Waals surface area (Å²) < 4.78 is 45.2. The molecule has 1 saturated heterocycles. The van der Waals surface area contributed by atoms with Gasteiger partial charge in [0.2, 0.25) is 13.6 Å². The molecular weight excluding hydrogens is 620 g/mol. The monoisotopic (exact) mass is 658 g/mol. The van der Waals surface area contributed by atoms with Crippen molar-refractivity contribution in [2.24, 2.45) is 0 Å². The van der Waals surface area contributed by atoms with Gasteiger partial charge >= 0.3 is 0 Å².